The fourth-order valence-corrected chi connectivity index (χ4v) is 3.95. The zero-order valence-electron chi connectivity index (χ0n) is 22.9. The van der Waals surface area contributed by atoms with Crippen molar-refractivity contribution < 1.29 is 28.3 Å². The number of halogens is 1. The number of carbonyl (C=O) groups is 1. The van der Waals surface area contributed by atoms with Gasteiger partial charge < -0.3 is 24.8 Å². The van der Waals surface area contributed by atoms with Crippen molar-refractivity contribution in [1.29, 1.82) is 0 Å². The fourth-order valence-electron chi connectivity index (χ4n) is 3.95. The van der Waals surface area contributed by atoms with Crippen LogP contribution >= 0.6 is 0 Å². The number of benzene rings is 1. The first-order valence-corrected chi connectivity index (χ1v) is 12.5. The highest BCUT2D eigenvalue weighted by Crippen LogP contribution is 2.35. The molecule has 1 saturated heterocycles. The SMILES string of the molecule is C=C/C(CNc1nc(Nc2cc(F)ccc2NC(=O)OC(C)(C)C)ncc1[N+](=O)[O-])=C(\C=C)C1(CC)OCCO1. The molecule has 214 valence electrons. The van der Waals surface area contributed by atoms with Crippen LogP contribution < -0.4 is 16.0 Å². The van der Waals surface area contributed by atoms with E-state index in [1.807, 2.05) is 6.92 Å². The van der Waals surface area contributed by atoms with Gasteiger partial charge in [-0.15, -0.1) is 0 Å². The third-order valence-electron chi connectivity index (χ3n) is 5.70. The highest BCUT2D eigenvalue weighted by molar-refractivity contribution is 5.90. The number of carbonyl (C=O) groups excluding carboxylic acids is 1. The molecule has 1 fully saturated rings. The molecule has 1 amide bonds. The zero-order valence-corrected chi connectivity index (χ0v) is 22.9. The van der Waals surface area contributed by atoms with Gasteiger partial charge in [0.2, 0.25) is 11.8 Å². The lowest BCUT2D eigenvalue weighted by atomic mass is 9.97. The molecule has 0 radical (unpaired) electrons. The summed E-state index contributed by atoms with van der Waals surface area (Å²) in [6.07, 6.45) is 3.97. The first-order valence-electron chi connectivity index (χ1n) is 12.5. The second-order valence-electron chi connectivity index (χ2n) is 9.63. The fraction of sp³-hybridized carbons (Fsp3) is 0.370. The molecule has 0 atom stereocenters. The maximum atomic E-state index is 14.1. The van der Waals surface area contributed by atoms with E-state index in [0.29, 0.717) is 30.8 Å². The Morgan fingerprint density at radius 3 is 2.52 bits per heavy atom. The molecule has 0 bridgehead atoms. The molecule has 2 aromatic rings. The van der Waals surface area contributed by atoms with Gasteiger partial charge in [-0.1, -0.05) is 32.2 Å². The number of aromatic nitrogens is 2. The van der Waals surface area contributed by atoms with Gasteiger partial charge in [-0.2, -0.15) is 4.98 Å². The first kappa shape index (κ1) is 30.2. The standard InChI is InChI=1S/C27H33FN6O6/c1-7-17(19(8-2)27(9-3)38-12-13-39-27)15-29-23-22(34(36)37)16-30-24(33-23)31-21-14-18(28)10-11-20(21)32-25(35)40-26(4,5)6/h7-8,10-11,14,16H,1-2,9,12-13,15H2,3-6H3,(H,32,35)(H2,29,30,31,33)/b19-17-. The number of rotatable bonds is 11. The van der Waals surface area contributed by atoms with Crippen LogP contribution in [0.3, 0.4) is 0 Å². The summed E-state index contributed by atoms with van der Waals surface area (Å²) in [5.41, 5.74) is 0.418. The van der Waals surface area contributed by atoms with E-state index in [0.717, 1.165) is 18.3 Å². The van der Waals surface area contributed by atoms with E-state index in [1.54, 1.807) is 32.9 Å². The Labute approximate surface area is 231 Å². The number of nitrogens with zero attached hydrogens (tertiary/aromatic N) is 3. The quantitative estimate of drug-likeness (QED) is 0.175. The Balaban J connectivity index is 1.91. The molecule has 40 heavy (non-hydrogen) atoms. The molecule has 0 saturated carbocycles. The molecule has 0 spiro atoms. The molecule has 1 aromatic heterocycles. The molecule has 12 nitrogen and oxygen atoms in total. The molecule has 1 aliphatic rings. The maximum absolute atomic E-state index is 14.1. The topological polar surface area (TPSA) is 150 Å². The Morgan fingerprint density at radius 2 is 1.95 bits per heavy atom. The lowest BCUT2D eigenvalue weighted by Gasteiger charge is -2.29. The van der Waals surface area contributed by atoms with Gasteiger partial charge in [0.05, 0.1) is 29.5 Å². The average Bonchev–Trinajstić information content (AvgIpc) is 3.37. The van der Waals surface area contributed by atoms with E-state index in [-0.39, 0.29) is 35.4 Å². The van der Waals surface area contributed by atoms with Crippen LogP contribution in [0.5, 0.6) is 0 Å². The van der Waals surface area contributed by atoms with Crippen molar-refractivity contribution in [2.75, 3.05) is 35.7 Å². The van der Waals surface area contributed by atoms with Gasteiger partial charge in [-0.3, -0.25) is 15.4 Å². The van der Waals surface area contributed by atoms with Crippen molar-refractivity contribution in [3.63, 3.8) is 0 Å². The maximum Gasteiger partial charge on any atom is 0.412 e. The molecule has 1 aliphatic heterocycles. The molecular formula is C27H33FN6O6. The van der Waals surface area contributed by atoms with Crippen molar-refractivity contribution in [3.8, 4) is 0 Å². The predicted octanol–water partition coefficient (Wildman–Crippen LogP) is 5.85. The summed E-state index contributed by atoms with van der Waals surface area (Å²) in [4.78, 5) is 31.6. The highest BCUT2D eigenvalue weighted by Gasteiger charge is 2.38. The number of nitro groups is 1. The van der Waals surface area contributed by atoms with E-state index in [1.165, 1.54) is 6.07 Å². The van der Waals surface area contributed by atoms with Crippen molar-refractivity contribution in [3.05, 3.63) is 76.8 Å². The Hall–Kier alpha value is -4.36. The van der Waals surface area contributed by atoms with E-state index in [4.69, 9.17) is 14.2 Å². The van der Waals surface area contributed by atoms with Gasteiger partial charge in [0.1, 0.15) is 17.6 Å². The van der Waals surface area contributed by atoms with Crippen LogP contribution in [-0.4, -0.2) is 52.1 Å². The normalized spacial score (nSPS) is 15.0. The number of hydrogen-bond acceptors (Lipinski definition) is 10. The minimum Gasteiger partial charge on any atom is -0.444 e. The molecule has 3 rings (SSSR count). The Kier molecular flexibility index (Phi) is 9.56. The van der Waals surface area contributed by atoms with Crippen LogP contribution in [0, 0.1) is 15.9 Å². The summed E-state index contributed by atoms with van der Waals surface area (Å²) in [5, 5.41) is 20.0. The molecule has 0 aliphatic carbocycles. The van der Waals surface area contributed by atoms with Crippen LogP contribution in [0.4, 0.5) is 38.0 Å². The number of hydrogen-bond donors (Lipinski definition) is 3. The lowest BCUT2D eigenvalue weighted by Crippen LogP contribution is -2.32. The van der Waals surface area contributed by atoms with Gasteiger partial charge in [0, 0.05) is 18.5 Å². The molecule has 2 heterocycles. The smallest absolute Gasteiger partial charge is 0.412 e. The molecule has 1 aromatic carbocycles. The summed E-state index contributed by atoms with van der Waals surface area (Å²) >= 11 is 0. The van der Waals surface area contributed by atoms with E-state index in [2.05, 4.69) is 39.1 Å². The van der Waals surface area contributed by atoms with Crippen molar-refractivity contribution in [1.82, 2.24) is 9.97 Å². The summed E-state index contributed by atoms with van der Waals surface area (Å²) in [6, 6.07) is 3.61. The Bertz CT molecular complexity index is 1320. The third kappa shape index (κ3) is 7.39. The minimum atomic E-state index is -0.994. The van der Waals surface area contributed by atoms with E-state index < -0.39 is 28.2 Å². The first-order chi connectivity index (χ1) is 18.9. The largest absolute Gasteiger partial charge is 0.444 e. The van der Waals surface area contributed by atoms with Gasteiger partial charge in [0.15, 0.2) is 5.79 Å². The van der Waals surface area contributed by atoms with Gasteiger partial charge in [-0.05, 0) is 44.5 Å². The van der Waals surface area contributed by atoms with Crippen LogP contribution in [0.25, 0.3) is 0 Å². The van der Waals surface area contributed by atoms with Crippen LogP contribution in [0.2, 0.25) is 0 Å². The van der Waals surface area contributed by atoms with Crippen molar-refractivity contribution >= 4 is 34.9 Å². The van der Waals surface area contributed by atoms with Crippen LogP contribution in [0.15, 0.2) is 60.9 Å². The van der Waals surface area contributed by atoms with Gasteiger partial charge in [0.25, 0.3) is 0 Å². The summed E-state index contributed by atoms with van der Waals surface area (Å²) in [6.45, 7) is 15.7. The van der Waals surface area contributed by atoms with E-state index >= 15 is 0 Å². The molecule has 3 N–H and O–H groups in total. The van der Waals surface area contributed by atoms with Crippen LogP contribution in [0.1, 0.15) is 34.1 Å². The average molecular weight is 557 g/mol. The predicted molar refractivity (Wildman–Crippen MR) is 149 cm³/mol. The zero-order chi connectivity index (χ0) is 29.5. The monoisotopic (exact) mass is 556 g/mol. The van der Waals surface area contributed by atoms with Gasteiger partial charge in [-0.25, -0.2) is 14.2 Å². The number of nitrogens with one attached hydrogen (secondary N) is 3. The second-order valence-corrected chi connectivity index (χ2v) is 9.63. The van der Waals surface area contributed by atoms with Crippen molar-refractivity contribution in [2.45, 2.75) is 45.5 Å². The molecular weight excluding hydrogens is 523 g/mol. The molecule has 13 heteroatoms. The summed E-state index contributed by atoms with van der Waals surface area (Å²) in [7, 11) is 0. The highest BCUT2D eigenvalue weighted by atomic mass is 19.1. The van der Waals surface area contributed by atoms with Gasteiger partial charge >= 0.3 is 11.8 Å². The summed E-state index contributed by atoms with van der Waals surface area (Å²) in [5.74, 6) is -1.79. The third-order valence-corrected chi connectivity index (χ3v) is 5.70. The number of ether oxygens (including phenoxy) is 3. The number of anilines is 4. The molecule has 0 unspecified atom stereocenters. The minimum absolute atomic E-state index is 0.0715. The van der Waals surface area contributed by atoms with Crippen LogP contribution in [-0.2, 0) is 14.2 Å². The van der Waals surface area contributed by atoms with E-state index in [9.17, 15) is 19.3 Å². The second kappa shape index (κ2) is 12.7. The lowest BCUT2D eigenvalue weighted by molar-refractivity contribution is -0.384. The summed E-state index contributed by atoms with van der Waals surface area (Å²) < 4.78 is 31.1. The van der Waals surface area contributed by atoms with Crippen molar-refractivity contribution in [2.24, 2.45) is 0 Å². The number of amides is 1. The Morgan fingerprint density at radius 1 is 1.25 bits per heavy atom.